The molecule has 0 radical (unpaired) electrons. The van der Waals surface area contributed by atoms with Crippen LogP contribution < -0.4 is 0 Å². The predicted octanol–water partition coefficient (Wildman–Crippen LogP) is 3.30. The molecule has 3 nitrogen and oxygen atoms in total. The van der Waals surface area contributed by atoms with Crippen LogP contribution >= 0.6 is 0 Å². The van der Waals surface area contributed by atoms with Crippen molar-refractivity contribution in [2.24, 2.45) is 4.99 Å². The highest BCUT2D eigenvalue weighted by molar-refractivity contribution is 5.85. The Morgan fingerprint density at radius 2 is 2.11 bits per heavy atom. The standard InChI is InChI=1S/C16H29N3/c1-5-9-10-13-19(12-7-3)16-14-18(8-4)15(17-16)11-6-2/h6-7,16H,2-3,5,8-14H2,1,4H3. The van der Waals surface area contributed by atoms with Crippen molar-refractivity contribution in [1.82, 2.24) is 9.80 Å². The molecule has 1 aliphatic heterocycles. The van der Waals surface area contributed by atoms with E-state index in [0.717, 1.165) is 32.6 Å². The molecule has 108 valence electrons. The molecule has 1 atom stereocenters. The zero-order chi connectivity index (χ0) is 14.1. The number of hydrogen-bond donors (Lipinski definition) is 0. The summed E-state index contributed by atoms with van der Waals surface area (Å²) in [7, 11) is 0. The Labute approximate surface area is 118 Å². The van der Waals surface area contributed by atoms with Crippen LogP contribution in [0.4, 0.5) is 0 Å². The number of unbranched alkanes of at least 4 members (excludes halogenated alkanes) is 2. The summed E-state index contributed by atoms with van der Waals surface area (Å²) >= 11 is 0. The highest BCUT2D eigenvalue weighted by atomic mass is 15.4. The van der Waals surface area contributed by atoms with Crippen LogP contribution in [0.2, 0.25) is 0 Å². The molecule has 0 N–H and O–H groups in total. The van der Waals surface area contributed by atoms with E-state index < -0.39 is 0 Å². The Hall–Kier alpha value is -1.09. The molecule has 0 saturated carbocycles. The van der Waals surface area contributed by atoms with E-state index in [9.17, 15) is 0 Å². The van der Waals surface area contributed by atoms with Gasteiger partial charge in [0.25, 0.3) is 0 Å². The van der Waals surface area contributed by atoms with Crippen LogP contribution in [0.25, 0.3) is 0 Å². The van der Waals surface area contributed by atoms with E-state index in [2.05, 4.69) is 36.8 Å². The van der Waals surface area contributed by atoms with Crippen LogP contribution in [-0.2, 0) is 0 Å². The lowest BCUT2D eigenvalue weighted by Gasteiger charge is -2.26. The quantitative estimate of drug-likeness (QED) is 0.445. The van der Waals surface area contributed by atoms with E-state index in [1.54, 1.807) is 0 Å². The minimum absolute atomic E-state index is 0.296. The van der Waals surface area contributed by atoms with Gasteiger partial charge in [0.15, 0.2) is 0 Å². The summed E-state index contributed by atoms with van der Waals surface area (Å²) in [5.74, 6) is 1.19. The SMILES string of the molecule is C=CCC1=NC(N(CC=C)CCCCC)CN1CC. The second-order valence-corrected chi connectivity index (χ2v) is 5.05. The van der Waals surface area contributed by atoms with Gasteiger partial charge in [-0.25, -0.2) is 0 Å². The first-order valence-electron chi connectivity index (χ1n) is 7.54. The lowest BCUT2D eigenvalue weighted by Crippen LogP contribution is -2.39. The molecule has 1 unspecified atom stereocenters. The number of nitrogens with zero attached hydrogens (tertiary/aromatic N) is 3. The van der Waals surface area contributed by atoms with Crippen LogP contribution in [0.1, 0.15) is 39.5 Å². The van der Waals surface area contributed by atoms with Crippen molar-refractivity contribution in [3.05, 3.63) is 25.3 Å². The Morgan fingerprint density at radius 1 is 1.32 bits per heavy atom. The lowest BCUT2D eigenvalue weighted by molar-refractivity contribution is 0.205. The molecule has 0 spiro atoms. The van der Waals surface area contributed by atoms with E-state index >= 15 is 0 Å². The van der Waals surface area contributed by atoms with Gasteiger partial charge >= 0.3 is 0 Å². The Kier molecular flexibility index (Phi) is 7.49. The molecule has 3 heteroatoms. The van der Waals surface area contributed by atoms with Crippen molar-refractivity contribution in [1.29, 1.82) is 0 Å². The van der Waals surface area contributed by atoms with Crippen molar-refractivity contribution in [3.8, 4) is 0 Å². The van der Waals surface area contributed by atoms with Gasteiger partial charge in [0.2, 0.25) is 0 Å². The third kappa shape index (κ3) is 4.83. The fourth-order valence-corrected chi connectivity index (χ4v) is 2.51. The average Bonchev–Trinajstić information content (AvgIpc) is 2.81. The van der Waals surface area contributed by atoms with Crippen molar-refractivity contribution in [3.63, 3.8) is 0 Å². The summed E-state index contributed by atoms with van der Waals surface area (Å²) in [6.07, 6.45) is 8.91. The molecule has 1 rings (SSSR count). The third-order valence-corrected chi connectivity index (χ3v) is 3.59. The van der Waals surface area contributed by atoms with E-state index in [0.29, 0.717) is 6.17 Å². The van der Waals surface area contributed by atoms with Crippen LogP contribution in [0.3, 0.4) is 0 Å². The predicted molar refractivity (Wildman–Crippen MR) is 84.6 cm³/mol. The van der Waals surface area contributed by atoms with Crippen LogP contribution in [-0.4, -0.2) is 48.0 Å². The monoisotopic (exact) mass is 263 g/mol. The van der Waals surface area contributed by atoms with E-state index in [1.165, 1.54) is 25.1 Å². The summed E-state index contributed by atoms with van der Waals surface area (Å²) in [5, 5.41) is 0. The summed E-state index contributed by atoms with van der Waals surface area (Å²) in [6.45, 7) is 16.2. The van der Waals surface area contributed by atoms with Crippen LogP contribution in [0, 0.1) is 0 Å². The maximum atomic E-state index is 4.88. The molecular formula is C16H29N3. The first-order valence-corrected chi connectivity index (χ1v) is 7.54. The minimum atomic E-state index is 0.296. The minimum Gasteiger partial charge on any atom is -0.357 e. The Balaban J connectivity index is 2.63. The van der Waals surface area contributed by atoms with Crippen molar-refractivity contribution < 1.29 is 0 Å². The summed E-state index contributed by atoms with van der Waals surface area (Å²) in [5.41, 5.74) is 0. The number of aliphatic imine (C=N–C) groups is 1. The molecule has 0 aromatic rings. The zero-order valence-electron chi connectivity index (χ0n) is 12.6. The highest BCUT2D eigenvalue weighted by Crippen LogP contribution is 2.16. The van der Waals surface area contributed by atoms with Crippen molar-refractivity contribution >= 4 is 5.84 Å². The summed E-state index contributed by atoms with van der Waals surface area (Å²) in [4.78, 5) is 9.69. The highest BCUT2D eigenvalue weighted by Gasteiger charge is 2.26. The maximum Gasteiger partial charge on any atom is 0.122 e. The molecule has 0 amide bonds. The van der Waals surface area contributed by atoms with E-state index in [4.69, 9.17) is 4.99 Å². The molecule has 19 heavy (non-hydrogen) atoms. The number of rotatable bonds is 10. The van der Waals surface area contributed by atoms with Gasteiger partial charge in [-0.15, -0.1) is 13.2 Å². The summed E-state index contributed by atoms with van der Waals surface area (Å²) in [6, 6.07) is 0. The van der Waals surface area contributed by atoms with Gasteiger partial charge in [0.05, 0.1) is 6.54 Å². The first-order chi connectivity index (χ1) is 9.26. The zero-order valence-corrected chi connectivity index (χ0v) is 12.6. The van der Waals surface area contributed by atoms with Gasteiger partial charge in [0.1, 0.15) is 12.0 Å². The van der Waals surface area contributed by atoms with E-state index in [1.807, 2.05) is 12.2 Å². The third-order valence-electron chi connectivity index (χ3n) is 3.59. The molecule has 1 heterocycles. The number of likely N-dealkylation sites (N-methyl/N-ethyl adjacent to an activating group) is 1. The number of hydrogen-bond acceptors (Lipinski definition) is 3. The van der Waals surface area contributed by atoms with Crippen molar-refractivity contribution in [2.75, 3.05) is 26.2 Å². The molecule has 0 aromatic heterocycles. The molecule has 0 fully saturated rings. The maximum absolute atomic E-state index is 4.88. The van der Waals surface area contributed by atoms with Gasteiger partial charge < -0.3 is 4.90 Å². The number of amidine groups is 1. The molecule has 0 bridgehead atoms. The summed E-state index contributed by atoms with van der Waals surface area (Å²) < 4.78 is 0. The van der Waals surface area contributed by atoms with Gasteiger partial charge in [-0.05, 0) is 13.3 Å². The average molecular weight is 263 g/mol. The molecule has 0 aromatic carbocycles. The Morgan fingerprint density at radius 3 is 2.68 bits per heavy atom. The lowest BCUT2D eigenvalue weighted by atomic mass is 10.2. The second-order valence-electron chi connectivity index (χ2n) is 5.05. The van der Waals surface area contributed by atoms with Crippen LogP contribution in [0.15, 0.2) is 30.3 Å². The van der Waals surface area contributed by atoms with E-state index in [-0.39, 0.29) is 0 Å². The van der Waals surface area contributed by atoms with Gasteiger partial charge in [-0.1, -0.05) is 31.9 Å². The second kappa shape index (κ2) is 8.92. The van der Waals surface area contributed by atoms with Crippen molar-refractivity contribution in [2.45, 2.75) is 45.7 Å². The van der Waals surface area contributed by atoms with Gasteiger partial charge in [-0.2, -0.15) is 0 Å². The normalized spacial score (nSPS) is 18.8. The van der Waals surface area contributed by atoms with Crippen LogP contribution in [0.5, 0.6) is 0 Å². The molecule has 0 saturated heterocycles. The topological polar surface area (TPSA) is 18.8 Å². The smallest absolute Gasteiger partial charge is 0.122 e. The first kappa shape index (κ1) is 16.0. The molecule has 1 aliphatic rings. The fourth-order valence-electron chi connectivity index (χ4n) is 2.51. The molecule has 0 aliphatic carbocycles. The Bertz CT molecular complexity index is 309. The van der Waals surface area contributed by atoms with Gasteiger partial charge in [-0.3, -0.25) is 9.89 Å². The largest absolute Gasteiger partial charge is 0.357 e. The fraction of sp³-hybridized carbons (Fsp3) is 0.688. The molecular weight excluding hydrogens is 234 g/mol. The van der Waals surface area contributed by atoms with Gasteiger partial charge in [0, 0.05) is 26.1 Å².